The van der Waals surface area contributed by atoms with E-state index in [-0.39, 0.29) is 0 Å². The fourth-order valence-electron chi connectivity index (χ4n) is 1.14. The van der Waals surface area contributed by atoms with Crippen molar-refractivity contribution < 1.29 is 0 Å². The fraction of sp³-hybridized carbons (Fsp3) is 0.333. The number of anilines is 1. The van der Waals surface area contributed by atoms with Crippen molar-refractivity contribution in [2.45, 2.75) is 20.8 Å². The number of hydrogen-bond acceptors (Lipinski definition) is 1. The minimum Gasteiger partial charge on any atom is -0.322 e. The van der Waals surface area contributed by atoms with E-state index in [0.717, 1.165) is 5.69 Å². The van der Waals surface area contributed by atoms with Gasteiger partial charge in [-0.25, -0.2) is 0 Å². The Kier molecular flexibility index (Phi) is 2.55. The van der Waals surface area contributed by atoms with Crippen LogP contribution in [0.25, 0.3) is 0 Å². The molecule has 0 amide bonds. The number of rotatable bonds is 1. The van der Waals surface area contributed by atoms with Crippen LogP contribution in [0.1, 0.15) is 16.7 Å². The summed E-state index contributed by atoms with van der Waals surface area (Å²) in [4.78, 5) is 0. The van der Waals surface area contributed by atoms with Crippen LogP contribution in [-0.2, 0) is 0 Å². The molecule has 0 aliphatic heterocycles. The van der Waals surface area contributed by atoms with Gasteiger partial charge in [0.1, 0.15) is 0 Å². The summed E-state index contributed by atoms with van der Waals surface area (Å²) in [5, 5.41) is 0. The molecule has 0 heterocycles. The number of hydrogen-bond donors (Lipinski definition) is 1. The van der Waals surface area contributed by atoms with Crippen molar-refractivity contribution in [3.05, 3.63) is 28.8 Å². The van der Waals surface area contributed by atoms with Crippen molar-refractivity contribution in [2.75, 3.05) is 4.34 Å². The largest absolute Gasteiger partial charge is 0.322 e. The predicted octanol–water partition coefficient (Wildman–Crippen LogP) is 3.33. The monoisotopic (exact) mass is 213 g/mol. The molecule has 0 atom stereocenters. The van der Waals surface area contributed by atoms with Gasteiger partial charge in [-0.15, -0.1) is 0 Å². The summed E-state index contributed by atoms with van der Waals surface area (Å²) >= 11 is 3.23. The van der Waals surface area contributed by atoms with Crippen molar-refractivity contribution in [3.63, 3.8) is 0 Å². The van der Waals surface area contributed by atoms with Gasteiger partial charge in [-0.1, -0.05) is 6.07 Å². The first-order valence-electron chi connectivity index (χ1n) is 3.59. The van der Waals surface area contributed by atoms with E-state index in [1.54, 1.807) is 0 Å². The molecule has 0 aromatic heterocycles. The van der Waals surface area contributed by atoms with E-state index in [2.05, 4.69) is 53.4 Å². The molecule has 1 nitrogen and oxygen atoms in total. The summed E-state index contributed by atoms with van der Waals surface area (Å²) < 4.78 is 2.99. The van der Waals surface area contributed by atoms with Gasteiger partial charge in [0, 0.05) is 21.8 Å². The van der Waals surface area contributed by atoms with E-state index < -0.39 is 0 Å². The van der Waals surface area contributed by atoms with E-state index >= 15 is 0 Å². The molecule has 0 saturated heterocycles. The summed E-state index contributed by atoms with van der Waals surface area (Å²) in [7, 11) is 0. The van der Waals surface area contributed by atoms with Gasteiger partial charge < -0.3 is 4.34 Å². The minimum atomic E-state index is 1.16. The van der Waals surface area contributed by atoms with Gasteiger partial charge in [-0.05, 0) is 43.5 Å². The van der Waals surface area contributed by atoms with E-state index in [0.29, 0.717) is 0 Å². The zero-order valence-electron chi connectivity index (χ0n) is 7.03. The third kappa shape index (κ3) is 1.74. The highest BCUT2D eigenvalue weighted by atomic mass is 79.9. The van der Waals surface area contributed by atoms with Crippen LogP contribution in [0.5, 0.6) is 0 Å². The summed E-state index contributed by atoms with van der Waals surface area (Å²) in [5.74, 6) is 0. The average Bonchev–Trinajstić information content (AvgIpc) is 1.96. The normalized spacial score (nSPS) is 9.82. The second-order valence-corrected chi connectivity index (χ2v) is 3.25. The van der Waals surface area contributed by atoms with Crippen LogP contribution in [0.3, 0.4) is 0 Å². The molecule has 1 rings (SSSR count). The third-order valence-corrected chi connectivity index (χ3v) is 2.34. The predicted molar refractivity (Wildman–Crippen MR) is 53.2 cm³/mol. The van der Waals surface area contributed by atoms with E-state index in [4.69, 9.17) is 0 Å². The Morgan fingerprint density at radius 2 is 1.82 bits per heavy atom. The Labute approximate surface area is 76.2 Å². The Morgan fingerprint density at radius 3 is 2.36 bits per heavy atom. The highest BCUT2D eigenvalue weighted by Crippen LogP contribution is 2.21. The molecule has 0 bridgehead atoms. The van der Waals surface area contributed by atoms with Crippen LogP contribution in [-0.4, -0.2) is 0 Å². The smallest absolute Gasteiger partial charge is 0.0475 e. The average molecular weight is 214 g/mol. The molecule has 0 saturated carbocycles. The first kappa shape index (κ1) is 8.60. The standard InChI is InChI=1S/C9H12BrN/c1-6-4-7(2)8(3)9(5-6)11-10/h4-5,11H,1-3H3. The van der Waals surface area contributed by atoms with Crippen molar-refractivity contribution >= 4 is 21.8 Å². The SMILES string of the molecule is Cc1cc(C)c(C)c(NBr)c1. The molecule has 1 N–H and O–H groups in total. The lowest BCUT2D eigenvalue weighted by molar-refractivity contribution is 1.31. The number of nitrogens with one attached hydrogen (secondary N) is 1. The lowest BCUT2D eigenvalue weighted by atomic mass is 10.1. The van der Waals surface area contributed by atoms with E-state index in [1.807, 2.05) is 0 Å². The first-order chi connectivity index (χ1) is 5.15. The third-order valence-electron chi connectivity index (χ3n) is 1.91. The first-order valence-corrected chi connectivity index (χ1v) is 4.39. The highest BCUT2D eigenvalue weighted by molar-refractivity contribution is 9.10. The van der Waals surface area contributed by atoms with Crippen LogP contribution in [0.2, 0.25) is 0 Å². The summed E-state index contributed by atoms with van der Waals surface area (Å²) in [6.45, 7) is 6.33. The van der Waals surface area contributed by atoms with Crippen molar-refractivity contribution in [3.8, 4) is 0 Å². The Morgan fingerprint density at radius 1 is 1.18 bits per heavy atom. The van der Waals surface area contributed by atoms with Crippen LogP contribution in [0.4, 0.5) is 5.69 Å². The number of halogens is 1. The Hall–Kier alpha value is -0.500. The van der Waals surface area contributed by atoms with Crippen molar-refractivity contribution in [1.29, 1.82) is 0 Å². The van der Waals surface area contributed by atoms with Crippen molar-refractivity contribution in [2.24, 2.45) is 0 Å². The molecular formula is C9H12BrN. The maximum atomic E-state index is 3.23. The van der Waals surface area contributed by atoms with Gasteiger partial charge in [0.05, 0.1) is 0 Å². The molecule has 60 valence electrons. The molecule has 0 radical (unpaired) electrons. The summed E-state index contributed by atoms with van der Waals surface area (Å²) in [5.41, 5.74) is 5.07. The van der Waals surface area contributed by atoms with Gasteiger partial charge in [0.15, 0.2) is 0 Å². The lowest BCUT2D eigenvalue weighted by Crippen LogP contribution is -1.89. The quantitative estimate of drug-likeness (QED) is 0.707. The molecule has 1 aromatic rings. The molecule has 0 unspecified atom stereocenters. The number of benzene rings is 1. The van der Waals surface area contributed by atoms with E-state index in [9.17, 15) is 0 Å². The van der Waals surface area contributed by atoms with Gasteiger partial charge in [-0.3, -0.25) is 0 Å². The highest BCUT2D eigenvalue weighted by Gasteiger charge is 1.99. The molecule has 2 heteroatoms. The van der Waals surface area contributed by atoms with E-state index in [1.165, 1.54) is 16.7 Å². The molecular weight excluding hydrogens is 202 g/mol. The maximum Gasteiger partial charge on any atom is 0.0475 e. The molecule has 11 heavy (non-hydrogen) atoms. The fourth-order valence-corrected chi connectivity index (χ4v) is 1.55. The maximum absolute atomic E-state index is 3.23. The minimum absolute atomic E-state index is 1.16. The molecule has 0 aliphatic carbocycles. The zero-order chi connectivity index (χ0) is 8.43. The van der Waals surface area contributed by atoms with Gasteiger partial charge in [-0.2, -0.15) is 0 Å². The van der Waals surface area contributed by atoms with Crippen molar-refractivity contribution in [1.82, 2.24) is 0 Å². The molecule has 1 aromatic carbocycles. The zero-order valence-corrected chi connectivity index (χ0v) is 8.62. The molecule has 0 fully saturated rings. The van der Waals surface area contributed by atoms with Gasteiger partial charge >= 0.3 is 0 Å². The Bertz CT molecular complexity index is 269. The van der Waals surface area contributed by atoms with Crippen LogP contribution in [0, 0.1) is 20.8 Å². The second-order valence-electron chi connectivity index (χ2n) is 2.85. The molecule has 0 aliphatic rings. The van der Waals surface area contributed by atoms with Gasteiger partial charge in [0.2, 0.25) is 0 Å². The second kappa shape index (κ2) is 3.26. The van der Waals surface area contributed by atoms with Crippen LogP contribution in [0.15, 0.2) is 12.1 Å². The van der Waals surface area contributed by atoms with Crippen LogP contribution < -0.4 is 4.34 Å². The Balaban J connectivity index is 3.24. The number of aryl methyl sites for hydroxylation is 2. The van der Waals surface area contributed by atoms with Gasteiger partial charge in [0.25, 0.3) is 0 Å². The summed E-state index contributed by atoms with van der Waals surface area (Å²) in [6, 6.07) is 4.31. The lowest BCUT2D eigenvalue weighted by Gasteiger charge is -2.07. The molecule has 0 spiro atoms. The summed E-state index contributed by atoms with van der Waals surface area (Å²) in [6.07, 6.45) is 0. The topological polar surface area (TPSA) is 12.0 Å². The van der Waals surface area contributed by atoms with Crippen LogP contribution >= 0.6 is 16.1 Å².